The number of benzene rings is 2. The van der Waals surface area contributed by atoms with Crippen LogP contribution < -0.4 is 15.8 Å². The molecule has 1 aliphatic heterocycles. The topological polar surface area (TPSA) is 131 Å². The SMILES string of the molecule is COc1ccc(-c2cn(-c3ncccc3C(=O)NC(Cc3ccccc3)C3(C(N)=O)OCCO3)cn2)cc1. The Morgan fingerprint density at radius 2 is 1.79 bits per heavy atom. The molecule has 0 bridgehead atoms. The van der Waals surface area contributed by atoms with Gasteiger partial charge in [-0.05, 0) is 48.4 Å². The Hall–Kier alpha value is -4.54. The van der Waals surface area contributed by atoms with Crippen LogP contribution in [0.25, 0.3) is 17.1 Å². The minimum absolute atomic E-state index is 0.186. The maximum Gasteiger partial charge on any atom is 0.280 e. The number of primary amides is 1. The molecule has 3 N–H and O–H groups in total. The molecule has 1 aliphatic rings. The van der Waals surface area contributed by atoms with Gasteiger partial charge in [-0.25, -0.2) is 9.97 Å². The van der Waals surface area contributed by atoms with Gasteiger partial charge in [-0.15, -0.1) is 0 Å². The van der Waals surface area contributed by atoms with Crippen molar-refractivity contribution in [2.24, 2.45) is 5.73 Å². The fourth-order valence-electron chi connectivity index (χ4n) is 4.44. The maximum atomic E-state index is 13.6. The molecule has 0 spiro atoms. The highest BCUT2D eigenvalue weighted by molar-refractivity contribution is 5.98. The molecule has 0 aliphatic carbocycles. The summed E-state index contributed by atoms with van der Waals surface area (Å²) in [6.07, 6.45) is 5.23. The Morgan fingerprint density at radius 1 is 1.05 bits per heavy atom. The standard InChI is InChI=1S/C28H27N5O5/c1-36-21-11-9-20(10-12-21)23-17-33(18-31-23)25-22(8-5-13-30-25)26(34)32-24(16-19-6-3-2-4-7-19)28(27(29)35)37-14-15-38-28/h2-13,17-18,24H,14-16H2,1H3,(H2,29,35)(H,32,34). The highest BCUT2D eigenvalue weighted by Crippen LogP contribution is 2.27. The second-order valence-corrected chi connectivity index (χ2v) is 8.71. The summed E-state index contributed by atoms with van der Waals surface area (Å²) in [6.45, 7) is 0.372. The second kappa shape index (κ2) is 10.8. The molecule has 0 radical (unpaired) electrons. The van der Waals surface area contributed by atoms with Crippen molar-refractivity contribution in [1.29, 1.82) is 0 Å². The second-order valence-electron chi connectivity index (χ2n) is 8.71. The number of hydrogen-bond donors (Lipinski definition) is 2. The van der Waals surface area contributed by atoms with Crippen LogP contribution in [0.2, 0.25) is 0 Å². The molecule has 194 valence electrons. The number of methoxy groups -OCH3 is 1. The van der Waals surface area contributed by atoms with E-state index in [0.717, 1.165) is 16.9 Å². The van der Waals surface area contributed by atoms with Gasteiger partial charge in [0.1, 0.15) is 12.1 Å². The minimum atomic E-state index is -1.79. The number of pyridine rings is 1. The summed E-state index contributed by atoms with van der Waals surface area (Å²) in [7, 11) is 1.61. The third-order valence-corrected chi connectivity index (χ3v) is 6.35. The predicted molar refractivity (Wildman–Crippen MR) is 139 cm³/mol. The van der Waals surface area contributed by atoms with Gasteiger partial charge in [0.25, 0.3) is 17.6 Å². The lowest BCUT2D eigenvalue weighted by Crippen LogP contribution is -2.61. The maximum absolute atomic E-state index is 13.6. The summed E-state index contributed by atoms with van der Waals surface area (Å²) in [4.78, 5) is 35.1. The first-order valence-electron chi connectivity index (χ1n) is 12.1. The fourth-order valence-corrected chi connectivity index (χ4v) is 4.44. The number of aromatic nitrogens is 3. The van der Waals surface area contributed by atoms with E-state index in [4.69, 9.17) is 19.9 Å². The van der Waals surface area contributed by atoms with Crippen LogP contribution in [0.1, 0.15) is 15.9 Å². The molecule has 2 aromatic carbocycles. The van der Waals surface area contributed by atoms with Crippen LogP contribution in [-0.2, 0) is 20.7 Å². The van der Waals surface area contributed by atoms with Gasteiger partial charge >= 0.3 is 0 Å². The fraction of sp³-hybridized carbons (Fsp3) is 0.214. The number of amides is 2. The number of rotatable bonds is 9. The molecule has 1 saturated heterocycles. The summed E-state index contributed by atoms with van der Waals surface area (Å²) in [5.41, 5.74) is 8.47. The Balaban J connectivity index is 1.45. The van der Waals surface area contributed by atoms with Gasteiger partial charge in [0, 0.05) is 18.0 Å². The van der Waals surface area contributed by atoms with Gasteiger partial charge < -0.3 is 25.3 Å². The van der Waals surface area contributed by atoms with Crippen molar-refractivity contribution in [2.75, 3.05) is 20.3 Å². The molecule has 2 aromatic heterocycles. The third kappa shape index (κ3) is 4.99. The lowest BCUT2D eigenvalue weighted by Gasteiger charge is -2.33. The van der Waals surface area contributed by atoms with E-state index in [1.807, 2.05) is 54.6 Å². The number of ether oxygens (including phenoxy) is 3. The van der Waals surface area contributed by atoms with E-state index in [-0.39, 0.29) is 25.2 Å². The van der Waals surface area contributed by atoms with Gasteiger partial charge in [0.05, 0.1) is 37.6 Å². The van der Waals surface area contributed by atoms with E-state index in [2.05, 4.69) is 15.3 Å². The molecule has 10 heteroatoms. The molecule has 0 saturated carbocycles. The summed E-state index contributed by atoms with van der Waals surface area (Å²) in [5, 5.41) is 2.93. The Morgan fingerprint density at radius 3 is 2.47 bits per heavy atom. The van der Waals surface area contributed by atoms with Crippen molar-refractivity contribution in [3.8, 4) is 22.8 Å². The number of nitrogens with one attached hydrogen (secondary N) is 1. The van der Waals surface area contributed by atoms with Crippen LogP contribution in [0.4, 0.5) is 0 Å². The van der Waals surface area contributed by atoms with E-state index in [1.54, 1.807) is 42.5 Å². The average molecular weight is 514 g/mol. The lowest BCUT2D eigenvalue weighted by molar-refractivity contribution is -0.189. The van der Waals surface area contributed by atoms with Crippen molar-refractivity contribution in [3.63, 3.8) is 0 Å². The number of carbonyl (C=O) groups is 2. The molecule has 3 heterocycles. The number of imidazole rings is 1. The zero-order valence-corrected chi connectivity index (χ0v) is 20.7. The molecule has 2 amide bonds. The van der Waals surface area contributed by atoms with Gasteiger partial charge in [-0.1, -0.05) is 30.3 Å². The Kier molecular flexibility index (Phi) is 7.16. The Labute approximate surface area is 219 Å². The van der Waals surface area contributed by atoms with Crippen molar-refractivity contribution >= 4 is 11.8 Å². The first-order valence-corrected chi connectivity index (χ1v) is 12.1. The molecule has 1 unspecified atom stereocenters. The van der Waals surface area contributed by atoms with E-state index in [9.17, 15) is 9.59 Å². The largest absolute Gasteiger partial charge is 0.497 e. The van der Waals surface area contributed by atoms with Crippen LogP contribution in [0.5, 0.6) is 5.75 Å². The minimum Gasteiger partial charge on any atom is -0.497 e. The predicted octanol–water partition coefficient (Wildman–Crippen LogP) is 2.51. The smallest absolute Gasteiger partial charge is 0.280 e. The molecule has 38 heavy (non-hydrogen) atoms. The summed E-state index contributed by atoms with van der Waals surface area (Å²) in [6, 6.07) is 19.4. The quantitative estimate of drug-likeness (QED) is 0.352. The van der Waals surface area contributed by atoms with Crippen LogP contribution >= 0.6 is 0 Å². The van der Waals surface area contributed by atoms with Gasteiger partial charge in [-0.3, -0.25) is 14.2 Å². The number of nitrogens with two attached hydrogens (primary N) is 1. The third-order valence-electron chi connectivity index (χ3n) is 6.35. The molecule has 10 nitrogen and oxygen atoms in total. The van der Waals surface area contributed by atoms with Gasteiger partial charge in [-0.2, -0.15) is 0 Å². The first-order chi connectivity index (χ1) is 18.5. The van der Waals surface area contributed by atoms with Gasteiger partial charge in [0.15, 0.2) is 5.82 Å². The van der Waals surface area contributed by atoms with Crippen LogP contribution in [0.3, 0.4) is 0 Å². The molecule has 1 atom stereocenters. The lowest BCUT2D eigenvalue weighted by atomic mass is 9.97. The zero-order valence-electron chi connectivity index (χ0n) is 20.7. The molecule has 5 rings (SSSR count). The van der Waals surface area contributed by atoms with E-state index >= 15 is 0 Å². The molecule has 1 fully saturated rings. The van der Waals surface area contributed by atoms with Crippen molar-refractivity contribution in [1.82, 2.24) is 19.9 Å². The van der Waals surface area contributed by atoms with Crippen LogP contribution in [0, 0.1) is 0 Å². The molecular weight excluding hydrogens is 486 g/mol. The first kappa shape index (κ1) is 25.1. The van der Waals surface area contributed by atoms with Crippen molar-refractivity contribution in [2.45, 2.75) is 18.2 Å². The summed E-state index contributed by atoms with van der Waals surface area (Å²) in [5.74, 6) is -1.94. The monoisotopic (exact) mass is 513 g/mol. The van der Waals surface area contributed by atoms with Crippen LogP contribution in [0.15, 0.2) is 85.5 Å². The summed E-state index contributed by atoms with van der Waals surface area (Å²) < 4.78 is 18.3. The van der Waals surface area contributed by atoms with Crippen molar-refractivity contribution < 1.29 is 23.8 Å². The molecule has 4 aromatic rings. The summed E-state index contributed by atoms with van der Waals surface area (Å²) >= 11 is 0. The van der Waals surface area contributed by atoms with Gasteiger partial charge in [0.2, 0.25) is 0 Å². The zero-order chi connectivity index (χ0) is 26.5. The normalized spacial score (nSPS) is 15.1. The highest BCUT2D eigenvalue weighted by atomic mass is 16.7. The number of hydrogen-bond acceptors (Lipinski definition) is 7. The number of nitrogens with zero attached hydrogens (tertiary/aromatic N) is 3. The van der Waals surface area contributed by atoms with E-state index in [1.165, 1.54) is 0 Å². The van der Waals surface area contributed by atoms with E-state index in [0.29, 0.717) is 11.5 Å². The van der Waals surface area contributed by atoms with Crippen LogP contribution in [-0.4, -0.2) is 58.5 Å². The highest BCUT2D eigenvalue weighted by Gasteiger charge is 2.51. The van der Waals surface area contributed by atoms with E-state index < -0.39 is 23.6 Å². The molecular formula is C28H27N5O5. The van der Waals surface area contributed by atoms with Crippen molar-refractivity contribution in [3.05, 3.63) is 96.6 Å². The number of carbonyl (C=O) groups excluding carboxylic acids is 2. The average Bonchev–Trinajstić information content (AvgIpc) is 3.65. The Bertz CT molecular complexity index is 1420.